The van der Waals surface area contributed by atoms with Crippen molar-refractivity contribution in [2.45, 2.75) is 56.4 Å². The average Bonchev–Trinajstić information content (AvgIpc) is 3.05. The summed E-state index contributed by atoms with van der Waals surface area (Å²) < 4.78 is 0. The first-order valence-corrected chi connectivity index (χ1v) is 8.33. The van der Waals surface area contributed by atoms with Gasteiger partial charge in [-0.3, -0.25) is 4.79 Å². The van der Waals surface area contributed by atoms with Gasteiger partial charge in [0.1, 0.15) is 0 Å². The van der Waals surface area contributed by atoms with Crippen LogP contribution in [0.25, 0.3) is 0 Å². The summed E-state index contributed by atoms with van der Waals surface area (Å²) >= 11 is 0. The molecule has 1 aromatic rings. The van der Waals surface area contributed by atoms with Crippen LogP contribution in [0.15, 0.2) is 24.3 Å². The second kappa shape index (κ2) is 4.84. The van der Waals surface area contributed by atoms with E-state index in [1.807, 2.05) is 0 Å². The van der Waals surface area contributed by atoms with Gasteiger partial charge in [0.05, 0.1) is 0 Å². The molecule has 3 heteroatoms. The van der Waals surface area contributed by atoms with Gasteiger partial charge in [-0.05, 0) is 43.2 Å². The normalized spacial score (nSPS) is 29.5. The van der Waals surface area contributed by atoms with Crippen LogP contribution in [0.4, 0.5) is 5.69 Å². The standard InChI is InChI=1S/C18H24N2O/c19-14-9-13(10-14)11-17(21)20-12-18(7-3-4-8-18)15-5-1-2-6-16(15)20/h1-2,5-6,13-14H,3-4,7-12,19H2. The van der Waals surface area contributed by atoms with Gasteiger partial charge in [0.15, 0.2) is 0 Å². The number of carbonyl (C=O) groups excluding carboxylic acids is 1. The minimum atomic E-state index is 0.252. The van der Waals surface area contributed by atoms with Crippen LogP contribution in [-0.4, -0.2) is 18.5 Å². The van der Waals surface area contributed by atoms with Crippen molar-refractivity contribution in [3.05, 3.63) is 29.8 Å². The molecule has 1 amide bonds. The number of amides is 1. The molecule has 1 aliphatic heterocycles. The maximum absolute atomic E-state index is 12.7. The molecule has 1 heterocycles. The summed E-state index contributed by atoms with van der Waals surface area (Å²) in [6.07, 6.45) is 7.79. The van der Waals surface area contributed by atoms with Crippen molar-refractivity contribution in [1.82, 2.24) is 0 Å². The lowest BCUT2D eigenvalue weighted by Crippen LogP contribution is -2.41. The Kier molecular flexibility index (Phi) is 3.07. The van der Waals surface area contributed by atoms with Crippen LogP contribution in [0.1, 0.15) is 50.5 Å². The van der Waals surface area contributed by atoms with Gasteiger partial charge >= 0.3 is 0 Å². The fraction of sp³-hybridized carbons (Fsp3) is 0.611. The molecule has 112 valence electrons. The van der Waals surface area contributed by atoms with Crippen molar-refractivity contribution < 1.29 is 4.79 Å². The van der Waals surface area contributed by atoms with Crippen molar-refractivity contribution >= 4 is 11.6 Å². The molecule has 21 heavy (non-hydrogen) atoms. The van der Waals surface area contributed by atoms with E-state index >= 15 is 0 Å². The number of rotatable bonds is 2. The van der Waals surface area contributed by atoms with E-state index in [2.05, 4.69) is 29.2 Å². The first-order chi connectivity index (χ1) is 10.2. The number of anilines is 1. The number of nitrogens with zero attached hydrogens (tertiary/aromatic N) is 1. The fourth-order valence-electron chi connectivity index (χ4n) is 4.64. The summed E-state index contributed by atoms with van der Waals surface area (Å²) in [4.78, 5) is 14.8. The van der Waals surface area contributed by atoms with E-state index in [0.717, 1.165) is 19.4 Å². The largest absolute Gasteiger partial charge is 0.328 e. The third kappa shape index (κ3) is 2.10. The summed E-state index contributed by atoms with van der Waals surface area (Å²) in [5.41, 5.74) is 8.69. The SMILES string of the molecule is NC1CC(CC(=O)N2CC3(CCCC3)c3ccccc32)C1. The highest BCUT2D eigenvalue weighted by Gasteiger charge is 2.46. The summed E-state index contributed by atoms with van der Waals surface area (Å²) in [6.45, 7) is 0.907. The molecule has 0 saturated heterocycles. The number of fused-ring (bicyclic) bond motifs is 2. The molecule has 0 atom stereocenters. The van der Waals surface area contributed by atoms with Gasteiger partial charge < -0.3 is 10.6 Å². The lowest BCUT2D eigenvalue weighted by molar-refractivity contribution is -0.120. The minimum Gasteiger partial charge on any atom is -0.328 e. The third-order valence-corrected chi connectivity index (χ3v) is 5.82. The second-order valence-corrected chi connectivity index (χ2v) is 7.29. The Balaban J connectivity index is 1.57. The van der Waals surface area contributed by atoms with Crippen molar-refractivity contribution in [3.63, 3.8) is 0 Å². The van der Waals surface area contributed by atoms with Crippen LogP contribution in [0.5, 0.6) is 0 Å². The molecule has 0 aromatic heterocycles. The molecular formula is C18H24N2O. The molecule has 0 unspecified atom stereocenters. The Morgan fingerprint density at radius 3 is 2.67 bits per heavy atom. The second-order valence-electron chi connectivity index (χ2n) is 7.29. The molecule has 0 bridgehead atoms. The van der Waals surface area contributed by atoms with Crippen molar-refractivity contribution in [1.29, 1.82) is 0 Å². The fourth-order valence-corrected chi connectivity index (χ4v) is 4.64. The van der Waals surface area contributed by atoms with Crippen LogP contribution in [0, 0.1) is 5.92 Å². The summed E-state index contributed by atoms with van der Waals surface area (Å²) in [5, 5.41) is 0. The van der Waals surface area contributed by atoms with Crippen LogP contribution >= 0.6 is 0 Å². The Hall–Kier alpha value is -1.35. The van der Waals surface area contributed by atoms with Gasteiger partial charge in [0, 0.05) is 30.1 Å². The average molecular weight is 284 g/mol. The molecule has 3 nitrogen and oxygen atoms in total. The quantitative estimate of drug-likeness (QED) is 0.907. The lowest BCUT2D eigenvalue weighted by atomic mass is 9.78. The Morgan fingerprint density at radius 1 is 1.24 bits per heavy atom. The molecule has 2 aliphatic carbocycles. The third-order valence-electron chi connectivity index (χ3n) is 5.82. The molecule has 4 rings (SSSR count). The van der Waals surface area contributed by atoms with Gasteiger partial charge in [-0.2, -0.15) is 0 Å². The molecule has 2 saturated carbocycles. The zero-order valence-corrected chi connectivity index (χ0v) is 12.6. The summed E-state index contributed by atoms with van der Waals surface area (Å²) in [6, 6.07) is 8.89. The van der Waals surface area contributed by atoms with Crippen LogP contribution in [0.2, 0.25) is 0 Å². The van der Waals surface area contributed by atoms with Gasteiger partial charge in [0.2, 0.25) is 5.91 Å². The van der Waals surface area contributed by atoms with Crippen molar-refractivity contribution in [3.8, 4) is 0 Å². The van der Waals surface area contributed by atoms with E-state index in [1.165, 1.54) is 36.9 Å². The Bertz CT molecular complexity index is 556. The highest BCUT2D eigenvalue weighted by molar-refractivity contribution is 5.96. The number of hydrogen-bond donors (Lipinski definition) is 1. The molecule has 2 fully saturated rings. The maximum Gasteiger partial charge on any atom is 0.227 e. The lowest BCUT2D eigenvalue weighted by Gasteiger charge is -2.33. The number of para-hydroxylation sites is 1. The molecule has 2 N–H and O–H groups in total. The Morgan fingerprint density at radius 2 is 1.95 bits per heavy atom. The minimum absolute atomic E-state index is 0.252. The number of hydrogen-bond acceptors (Lipinski definition) is 2. The van der Waals surface area contributed by atoms with E-state index in [9.17, 15) is 4.79 Å². The van der Waals surface area contributed by atoms with E-state index < -0.39 is 0 Å². The van der Waals surface area contributed by atoms with E-state index in [0.29, 0.717) is 24.3 Å². The molecule has 1 spiro atoms. The van der Waals surface area contributed by atoms with Crippen LogP contribution in [-0.2, 0) is 10.2 Å². The molecule has 1 aromatic carbocycles. The van der Waals surface area contributed by atoms with Gasteiger partial charge in [-0.1, -0.05) is 31.0 Å². The van der Waals surface area contributed by atoms with Crippen LogP contribution < -0.4 is 10.6 Å². The van der Waals surface area contributed by atoms with E-state index in [-0.39, 0.29) is 5.41 Å². The van der Waals surface area contributed by atoms with Gasteiger partial charge in [0.25, 0.3) is 0 Å². The number of carbonyl (C=O) groups is 1. The first-order valence-electron chi connectivity index (χ1n) is 8.33. The predicted molar refractivity (Wildman–Crippen MR) is 84.3 cm³/mol. The van der Waals surface area contributed by atoms with Crippen molar-refractivity contribution in [2.24, 2.45) is 11.7 Å². The summed E-state index contributed by atoms with van der Waals surface area (Å²) in [7, 11) is 0. The molecular weight excluding hydrogens is 260 g/mol. The zero-order chi connectivity index (χ0) is 14.4. The molecule has 0 radical (unpaired) electrons. The monoisotopic (exact) mass is 284 g/mol. The summed E-state index contributed by atoms with van der Waals surface area (Å²) in [5.74, 6) is 0.822. The number of benzene rings is 1. The van der Waals surface area contributed by atoms with Crippen LogP contribution in [0.3, 0.4) is 0 Å². The number of nitrogens with two attached hydrogens (primary N) is 1. The predicted octanol–water partition coefficient (Wildman–Crippen LogP) is 2.97. The highest BCUT2D eigenvalue weighted by Crippen LogP contribution is 2.50. The maximum atomic E-state index is 12.7. The smallest absolute Gasteiger partial charge is 0.227 e. The van der Waals surface area contributed by atoms with Gasteiger partial charge in [-0.15, -0.1) is 0 Å². The molecule has 3 aliphatic rings. The topological polar surface area (TPSA) is 46.3 Å². The van der Waals surface area contributed by atoms with Gasteiger partial charge in [-0.25, -0.2) is 0 Å². The van der Waals surface area contributed by atoms with Crippen molar-refractivity contribution in [2.75, 3.05) is 11.4 Å². The van der Waals surface area contributed by atoms with E-state index in [1.54, 1.807) is 0 Å². The Labute approximate surface area is 126 Å². The first kappa shape index (κ1) is 13.3. The van der Waals surface area contributed by atoms with E-state index in [4.69, 9.17) is 5.73 Å². The highest BCUT2D eigenvalue weighted by atomic mass is 16.2. The zero-order valence-electron chi connectivity index (χ0n) is 12.6.